The molecule has 0 spiro atoms. The number of aromatic nitrogens is 1. The van der Waals surface area contributed by atoms with E-state index in [4.69, 9.17) is 23.2 Å². The van der Waals surface area contributed by atoms with Gasteiger partial charge in [0.2, 0.25) is 0 Å². The highest BCUT2D eigenvalue weighted by Gasteiger charge is 2.26. The molecule has 32 heavy (non-hydrogen) atoms. The molecule has 0 atom stereocenters. The van der Waals surface area contributed by atoms with Gasteiger partial charge in [-0.05, 0) is 55.2 Å². The molecule has 0 unspecified atom stereocenters. The Labute approximate surface area is 196 Å². The number of halogens is 3. The first-order chi connectivity index (χ1) is 15.3. The number of aryl methyl sites for hydroxylation is 1. The van der Waals surface area contributed by atoms with Crippen LogP contribution < -0.4 is 20.1 Å². The van der Waals surface area contributed by atoms with E-state index in [0.717, 1.165) is 24.2 Å². The average Bonchev–Trinajstić information content (AvgIpc) is 3.51. The van der Waals surface area contributed by atoms with E-state index >= 15 is 0 Å². The van der Waals surface area contributed by atoms with Gasteiger partial charge < -0.3 is 5.32 Å². The maximum absolute atomic E-state index is 14.3. The van der Waals surface area contributed by atoms with E-state index in [9.17, 15) is 19.2 Å². The lowest BCUT2D eigenvalue weighted by Crippen LogP contribution is -2.34. The van der Waals surface area contributed by atoms with Gasteiger partial charge in [0, 0.05) is 6.04 Å². The van der Waals surface area contributed by atoms with Crippen molar-refractivity contribution in [3.05, 3.63) is 82.9 Å². The van der Waals surface area contributed by atoms with Crippen molar-refractivity contribution < 1.29 is 9.18 Å². The molecule has 0 radical (unpaired) electrons. The van der Waals surface area contributed by atoms with E-state index in [2.05, 4.69) is 5.32 Å². The van der Waals surface area contributed by atoms with Gasteiger partial charge in [-0.2, -0.15) is 5.26 Å². The highest BCUT2D eigenvalue weighted by atomic mass is 35.5. The molecule has 1 aliphatic rings. The van der Waals surface area contributed by atoms with Crippen molar-refractivity contribution in [3.63, 3.8) is 0 Å². The van der Waals surface area contributed by atoms with Gasteiger partial charge in [-0.25, -0.2) is 4.39 Å². The molecule has 2 aromatic carbocycles. The number of benzene rings is 2. The second-order valence-electron chi connectivity index (χ2n) is 7.37. The first-order valence-corrected chi connectivity index (χ1v) is 11.3. The summed E-state index contributed by atoms with van der Waals surface area (Å²) in [7, 11) is 0. The van der Waals surface area contributed by atoms with E-state index in [-0.39, 0.29) is 31.5 Å². The Kier molecular flexibility index (Phi) is 6.20. The van der Waals surface area contributed by atoms with Gasteiger partial charge in [-0.3, -0.25) is 14.2 Å². The van der Waals surface area contributed by atoms with Gasteiger partial charge in [-0.1, -0.05) is 41.4 Å². The number of rotatable bonds is 4. The first kappa shape index (κ1) is 22.3. The molecule has 1 amide bonds. The lowest BCUT2D eigenvalue weighted by Gasteiger charge is -2.06. The van der Waals surface area contributed by atoms with E-state index in [1.807, 2.05) is 6.07 Å². The Hall–Kier alpha value is -2.92. The topological polar surface area (TPSA) is 74.9 Å². The fourth-order valence-electron chi connectivity index (χ4n) is 3.06. The molecule has 1 saturated carbocycles. The predicted octanol–water partition coefficient (Wildman–Crippen LogP) is 3.44. The number of hydrogen-bond acceptors (Lipinski definition) is 4. The molecule has 9 heteroatoms. The fraction of sp³-hybridized carbons (Fsp3) is 0.174. The molecule has 1 fully saturated rings. The lowest BCUT2D eigenvalue weighted by atomic mass is 10.2. The molecule has 0 aliphatic heterocycles. The SMILES string of the molecule is Cc1ccc(-n2c(=C(C#N)C(=O)NC3CC3)sc(=Cc3cccc(Cl)c3Cl)c2=O)cc1F. The van der Waals surface area contributed by atoms with Crippen molar-refractivity contribution in [2.75, 3.05) is 0 Å². The molecule has 1 aromatic heterocycles. The van der Waals surface area contributed by atoms with Crippen LogP contribution in [0.25, 0.3) is 17.3 Å². The number of nitriles is 1. The minimum absolute atomic E-state index is 0.0269. The van der Waals surface area contributed by atoms with Gasteiger partial charge in [-0.15, -0.1) is 11.3 Å². The van der Waals surface area contributed by atoms with Gasteiger partial charge >= 0.3 is 0 Å². The number of carbonyl (C=O) groups is 1. The summed E-state index contributed by atoms with van der Waals surface area (Å²) < 4.78 is 15.8. The smallest absolute Gasteiger partial charge is 0.273 e. The summed E-state index contributed by atoms with van der Waals surface area (Å²) in [5.41, 5.74) is 0.417. The van der Waals surface area contributed by atoms with Crippen molar-refractivity contribution >= 4 is 52.1 Å². The zero-order valence-electron chi connectivity index (χ0n) is 16.8. The van der Waals surface area contributed by atoms with Gasteiger partial charge in [0.1, 0.15) is 16.5 Å². The highest BCUT2D eigenvalue weighted by molar-refractivity contribution is 7.07. The quantitative estimate of drug-likeness (QED) is 0.612. The molecular formula is C23H16Cl2FN3O2S. The standard InChI is InChI=1S/C23H16Cl2FN3O2S/c1-12-5-8-15(10-18(12)26)29-22(31)19(9-13-3-2-4-17(24)20(13)25)32-23(29)16(11-27)21(30)28-14-6-7-14/h2-5,8-10,14H,6-7H2,1H3,(H,28,30). The Morgan fingerprint density at radius 2 is 2.06 bits per heavy atom. The minimum Gasteiger partial charge on any atom is -0.349 e. The fourth-order valence-corrected chi connectivity index (χ4v) is 4.51. The van der Waals surface area contributed by atoms with Crippen LogP contribution in [-0.2, 0) is 4.79 Å². The summed E-state index contributed by atoms with van der Waals surface area (Å²) in [5, 5.41) is 13.1. The molecule has 5 nitrogen and oxygen atoms in total. The van der Waals surface area contributed by atoms with Gasteiger partial charge in [0.15, 0.2) is 5.57 Å². The molecule has 1 aliphatic carbocycles. The number of hydrogen-bond donors (Lipinski definition) is 1. The van der Waals surface area contributed by atoms with Crippen LogP contribution in [0.4, 0.5) is 4.39 Å². The molecule has 0 bridgehead atoms. The third-order valence-corrected chi connectivity index (χ3v) is 6.90. The number of thiazole rings is 1. The maximum atomic E-state index is 14.3. The second-order valence-corrected chi connectivity index (χ2v) is 9.18. The Morgan fingerprint density at radius 3 is 2.72 bits per heavy atom. The predicted molar refractivity (Wildman–Crippen MR) is 124 cm³/mol. The van der Waals surface area contributed by atoms with Crippen molar-refractivity contribution in [2.45, 2.75) is 25.8 Å². The van der Waals surface area contributed by atoms with Crippen LogP contribution in [-0.4, -0.2) is 16.5 Å². The summed E-state index contributed by atoms with van der Waals surface area (Å²) >= 11 is 13.3. The lowest BCUT2D eigenvalue weighted by molar-refractivity contribution is -0.115. The van der Waals surface area contributed by atoms with Crippen LogP contribution in [0.15, 0.2) is 41.2 Å². The average molecular weight is 488 g/mol. The zero-order chi connectivity index (χ0) is 23.0. The van der Waals surface area contributed by atoms with Crippen LogP contribution in [0.1, 0.15) is 24.0 Å². The van der Waals surface area contributed by atoms with Crippen LogP contribution in [0.5, 0.6) is 0 Å². The summed E-state index contributed by atoms with van der Waals surface area (Å²) in [5.74, 6) is -1.07. The molecular weight excluding hydrogens is 472 g/mol. The summed E-state index contributed by atoms with van der Waals surface area (Å²) in [6, 6.07) is 11.3. The third-order valence-electron chi connectivity index (χ3n) is 4.97. The largest absolute Gasteiger partial charge is 0.349 e. The van der Waals surface area contributed by atoms with Gasteiger partial charge in [0.05, 0.1) is 20.3 Å². The van der Waals surface area contributed by atoms with Crippen LogP contribution >= 0.6 is 34.5 Å². The Bertz CT molecular complexity index is 1470. The molecule has 4 rings (SSSR count). The Morgan fingerprint density at radius 1 is 1.31 bits per heavy atom. The summed E-state index contributed by atoms with van der Waals surface area (Å²) in [6.07, 6.45) is 3.23. The molecule has 1 N–H and O–H groups in total. The monoisotopic (exact) mass is 487 g/mol. The first-order valence-electron chi connectivity index (χ1n) is 9.69. The molecule has 162 valence electrons. The van der Waals surface area contributed by atoms with E-state index in [0.29, 0.717) is 16.1 Å². The van der Waals surface area contributed by atoms with Crippen LogP contribution in [0.3, 0.4) is 0 Å². The third kappa shape index (κ3) is 4.35. The minimum atomic E-state index is -0.565. The van der Waals surface area contributed by atoms with E-state index in [1.165, 1.54) is 16.7 Å². The summed E-state index contributed by atoms with van der Waals surface area (Å²) in [6.45, 7) is 1.60. The maximum Gasteiger partial charge on any atom is 0.273 e. The van der Waals surface area contributed by atoms with Crippen molar-refractivity contribution in [1.82, 2.24) is 9.88 Å². The van der Waals surface area contributed by atoms with Crippen molar-refractivity contribution in [2.24, 2.45) is 0 Å². The zero-order valence-corrected chi connectivity index (χ0v) is 19.1. The van der Waals surface area contributed by atoms with Crippen molar-refractivity contribution in [3.8, 4) is 11.8 Å². The van der Waals surface area contributed by atoms with Crippen LogP contribution in [0, 0.1) is 24.1 Å². The Balaban J connectivity index is 2.04. The van der Waals surface area contributed by atoms with Crippen molar-refractivity contribution in [1.29, 1.82) is 5.26 Å². The molecule has 3 aromatic rings. The van der Waals surface area contributed by atoms with Gasteiger partial charge in [0.25, 0.3) is 11.5 Å². The van der Waals surface area contributed by atoms with E-state index in [1.54, 1.807) is 37.3 Å². The number of nitrogens with zero attached hydrogens (tertiary/aromatic N) is 2. The number of amides is 1. The number of carbonyl (C=O) groups excluding carboxylic acids is 1. The normalized spacial score (nSPS) is 14.8. The summed E-state index contributed by atoms with van der Waals surface area (Å²) in [4.78, 5) is 26.1. The van der Waals surface area contributed by atoms with E-state index < -0.39 is 17.3 Å². The second kappa shape index (κ2) is 8.91. The number of nitrogens with one attached hydrogen (secondary N) is 1. The van der Waals surface area contributed by atoms with Crippen LogP contribution in [0.2, 0.25) is 10.0 Å². The molecule has 0 saturated heterocycles. The highest BCUT2D eigenvalue weighted by Crippen LogP contribution is 2.25. The molecule has 1 heterocycles.